The number of carbonyl (C=O) groups is 1. The molecule has 7 nitrogen and oxygen atoms in total. The zero-order valence-electron chi connectivity index (χ0n) is 13.4. The number of piperidine rings is 1. The Balaban J connectivity index is 1.74. The maximum Gasteiger partial charge on any atom is 0.221 e. The van der Waals surface area contributed by atoms with Gasteiger partial charge in [-0.1, -0.05) is 6.07 Å². The summed E-state index contributed by atoms with van der Waals surface area (Å²) < 4.78 is 24.3. The van der Waals surface area contributed by atoms with E-state index in [2.05, 4.69) is 19.9 Å². The summed E-state index contributed by atoms with van der Waals surface area (Å²) in [5, 5.41) is 2.99. The Morgan fingerprint density at radius 2 is 2.30 bits per heavy atom. The first-order valence-electron chi connectivity index (χ1n) is 7.77. The molecule has 23 heavy (non-hydrogen) atoms. The van der Waals surface area contributed by atoms with Crippen LogP contribution < -0.4 is 10.0 Å². The van der Waals surface area contributed by atoms with Crippen molar-refractivity contribution >= 4 is 15.9 Å². The molecule has 1 aliphatic rings. The molecule has 0 aliphatic carbocycles. The molecule has 8 heteroatoms. The molecule has 2 heterocycles. The number of amides is 1. The third-order valence-electron chi connectivity index (χ3n) is 3.72. The lowest BCUT2D eigenvalue weighted by molar-refractivity contribution is -0.122. The normalized spacial score (nSPS) is 19.4. The van der Waals surface area contributed by atoms with Gasteiger partial charge in [-0.2, -0.15) is 0 Å². The van der Waals surface area contributed by atoms with Gasteiger partial charge in [0, 0.05) is 44.5 Å². The Hall–Kier alpha value is -1.51. The molecule has 0 bridgehead atoms. The summed E-state index contributed by atoms with van der Waals surface area (Å²) >= 11 is 0. The zero-order valence-corrected chi connectivity index (χ0v) is 14.2. The number of nitrogens with zero attached hydrogens (tertiary/aromatic N) is 2. The third kappa shape index (κ3) is 7.06. The number of hydrogen-bond donors (Lipinski definition) is 2. The quantitative estimate of drug-likeness (QED) is 0.735. The van der Waals surface area contributed by atoms with E-state index in [1.54, 1.807) is 6.20 Å². The van der Waals surface area contributed by atoms with Crippen LogP contribution in [0.2, 0.25) is 0 Å². The van der Waals surface area contributed by atoms with Crippen LogP contribution >= 0.6 is 0 Å². The summed E-state index contributed by atoms with van der Waals surface area (Å²) in [6.45, 7) is 2.78. The summed E-state index contributed by atoms with van der Waals surface area (Å²) in [6.07, 6.45) is 6.85. The summed E-state index contributed by atoms with van der Waals surface area (Å²) in [4.78, 5) is 18.3. The number of likely N-dealkylation sites (tertiary alicyclic amines) is 1. The second-order valence-electron chi connectivity index (χ2n) is 5.92. The molecule has 1 aromatic heterocycles. The van der Waals surface area contributed by atoms with E-state index in [0.717, 1.165) is 44.3 Å². The molecule has 1 saturated heterocycles. The van der Waals surface area contributed by atoms with E-state index >= 15 is 0 Å². The smallest absolute Gasteiger partial charge is 0.221 e. The monoisotopic (exact) mass is 340 g/mol. The van der Waals surface area contributed by atoms with E-state index in [-0.39, 0.29) is 24.9 Å². The Kier molecular flexibility index (Phi) is 6.49. The van der Waals surface area contributed by atoms with Gasteiger partial charge in [0.15, 0.2) is 0 Å². The minimum absolute atomic E-state index is 0.116. The lowest BCUT2D eigenvalue weighted by Gasteiger charge is -2.33. The van der Waals surface area contributed by atoms with Gasteiger partial charge in [0.2, 0.25) is 15.9 Å². The maximum atomic E-state index is 11.9. The van der Waals surface area contributed by atoms with Crippen molar-refractivity contribution in [1.82, 2.24) is 19.9 Å². The number of carbonyl (C=O) groups excluding carboxylic acids is 1. The Labute approximate surface area is 137 Å². The zero-order chi connectivity index (χ0) is 16.7. The van der Waals surface area contributed by atoms with E-state index in [0.29, 0.717) is 0 Å². The number of sulfonamides is 1. The molecular weight excluding hydrogens is 316 g/mol. The van der Waals surface area contributed by atoms with Gasteiger partial charge in [0.1, 0.15) is 0 Å². The first-order valence-corrected chi connectivity index (χ1v) is 9.67. The van der Waals surface area contributed by atoms with Gasteiger partial charge < -0.3 is 5.32 Å². The molecule has 128 valence electrons. The van der Waals surface area contributed by atoms with Crippen LogP contribution in [0.3, 0.4) is 0 Å². The second kappa shape index (κ2) is 8.37. The highest BCUT2D eigenvalue weighted by Crippen LogP contribution is 2.13. The average molecular weight is 340 g/mol. The predicted molar refractivity (Wildman–Crippen MR) is 88.1 cm³/mol. The maximum absolute atomic E-state index is 11.9. The van der Waals surface area contributed by atoms with Crippen LogP contribution in [0, 0.1) is 0 Å². The topological polar surface area (TPSA) is 91.4 Å². The molecule has 1 amide bonds. The number of hydrogen-bond acceptors (Lipinski definition) is 5. The van der Waals surface area contributed by atoms with Crippen LogP contribution in [-0.4, -0.2) is 56.1 Å². The fourth-order valence-corrected chi connectivity index (χ4v) is 3.19. The van der Waals surface area contributed by atoms with Crippen LogP contribution in [0.15, 0.2) is 24.5 Å². The van der Waals surface area contributed by atoms with Gasteiger partial charge in [0.25, 0.3) is 0 Å². The van der Waals surface area contributed by atoms with Crippen LogP contribution in [0.25, 0.3) is 0 Å². The SMILES string of the molecule is CS(=O)(=O)NCCC(=O)N[C@H]1CCCN(Cc2cccnc2)C1. The van der Waals surface area contributed by atoms with Crippen LogP contribution in [0.4, 0.5) is 0 Å². The average Bonchev–Trinajstić information content (AvgIpc) is 2.47. The van der Waals surface area contributed by atoms with Crippen molar-refractivity contribution in [1.29, 1.82) is 0 Å². The molecule has 0 aromatic carbocycles. The van der Waals surface area contributed by atoms with Crippen molar-refractivity contribution in [3.05, 3.63) is 30.1 Å². The first kappa shape index (κ1) is 17.8. The molecule has 1 fully saturated rings. The molecule has 1 aliphatic heterocycles. The summed E-state index contributed by atoms with van der Waals surface area (Å²) in [7, 11) is -3.24. The molecule has 2 rings (SSSR count). The van der Waals surface area contributed by atoms with E-state index < -0.39 is 10.0 Å². The molecule has 0 spiro atoms. The molecule has 1 atom stereocenters. The number of aromatic nitrogens is 1. The summed E-state index contributed by atoms with van der Waals surface area (Å²) in [5.74, 6) is -0.116. The van der Waals surface area contributed by atoms with Gasteiger partial charge in [-0.25, -0.2) is 13.1 Å². The van der Waals surface area contributed by atoms with Crippen molar-refractivity contribution in [3.8, 4) is 0 Å². The van der Waals surface area contributed by atoms with E-state index in [1.807, 2.05) is 18.3 Å². The van der Waals surface area contributed by atoms with Crippen molar-refractivity contribution in [2.45, 2.75) is 31.8 Å². The van der Waals surface area contributed by atoms with Gasteiger partial charge in [-0.05, 0) is 31.0 Å². The second-order valence-corrected chi connectivity index (χ2v) is 7.75. The van der Waals surface area contributed by atoms with E-state index in [1.165, 1.54) is 0 Å². The standard InChI is InChI=1S/C15H24N4O3S/c1-23(21,22)17-8-6-15(20)18-14-5-3-9-19(12-14)11-13-4-2-7-16-10-13/h2,4,7,10,14,17H,3,5-6,8-9,11-12H2,1H3,(H,18,20)/t14-/m0/s1. The van der Waals surface area contributed by atoms with Crippen LogP contribution in [-0.2, 0) is 21.4 Å². The molecular formula is C15H24N4O3S. The van der Waals surface area contributed by atoms with Crippen molar-refractivity contribution < 1.29 is 13.2 Å². The third-order valence-corrected chi connectivity index (χ3v) is 4.44. The summed E-state index contributed by atoms with van der Waals surface area (Å²) in [6, 6.07) is 4.09. The predicted octanol–water partition coefficient (Wildman–Crippen LogP) is 0.102. The van der Waals surface area contributed by atoms with Crippen molar-refractivity contribution in [2.75, 3.05) is 25.9 Å². The lowest BCUT2D eigenvalue weighted by Crippen LogP contribution is -2.47. The fourth-order valence-electron chi connectivity index (χ4n) is 2.72. The first-order chi connectivity index (χ1) is 10.9. The molecule has 1 aromatic rings. The number of nitrogens with one attached hydrogen (secondary N) is 2. The highest BCUT2D eigenvalue weighted by Gasteiger charge is 2.21. The highest BCUT2D eigenvalue weighted by atomic mass is 32.2. The van der Waals surface area contributed by atoms with E-state index in [9.17, 15) is 13.2 Å². The number of pyridine rings is 1. The largest absolute Gasteiger partial charge is 0.352 e. The minimum Gasteiger partial charge on any atom is -0.352 e. The Bertz CT molecular complexity index is 606. The Morgan fingerprint density at radius 3 is 3.00 bits per heavy atom. The minimum atomic E-state index is -3.24. The molecule has 0 saturated carbocycles. The lowest BCUT2D eigenvalue weighted by atomic mass is 10.0. The molecule has 2 N–H and O–H groups in total. The van der Waals surface area contributed by atoms with Crippen molar-refractivity contribution in [3.63, 3.8) is 0 Å². The van der Waals surface area contributed by atoms with Gasteiger partial charge >= 0.3 is 0 Å². The fraction of sp³-hybridized carbons (Fsp3) is 0.600. The van der Waals surface area contributed by atoms with Crippen LogP contribution in [0.5, 0.6) is 0 Å². The van der Waals surface area contributed by atoms with Crippen LogP contribution in [0.1, 0.15) is 24.8 Å². The molecule has 0 radical (unpaired) electrons. The molecule has 0 unspecified atom stereocenters. The van der Waals surface area contributed by atoms with Gasteiger partial charge in [-0.3, -0.25) is 14.7 Å². The Morgan fingerprint density at radius 1 is 1.48 bits per heavy atom. The van der Waals surface area contributed by atoms with Gasteiger partial charge in [0.05, 0.1) is 6.26 Å². The highest BCUT2D eigenvalue weighted by molar-refractivity contribution is 7.88. The van der Waals surface area contributed by atoms with Crippen molar-refractivity contribution in [2.24, 2.45) is 0 Å². The van der Waals surface area contributed by atoms with Gasteiger partial charge in [-0.15, -0.1) is 0 Å². The number of rotatable bonds is 7. The summed E-state index contributed by atoms with van der Waals surface area (Å²) in [5.41, 5.74) is 1.16. The van der Waals surface area contributed by atoms with E-state index in [4.69, 9.17) is 0 Å².